The van der Waals surface area contributed by atoms with Gasteiger partial charge in [-0.3, -0.25) is 0 Å². The predicted molar refractivity (Wildman–Crippen MR) is 113 cm³/mol. The number of rotatable bonds is 3. The quantitative estimate of drug-likeness (QED) is 0.730. The average molecular weight is 399 g/mol. The molecule has 0 spiro atoms. The summed E-state index contributed by atoms with van der Waals surface area (Å²) < 4.78 is 14.2. The van der Waals surface area contributed by atoms with E-state index < -0.39 is 11.4 Å². The molecule has 148 valence electrons. The fourth-order valence-electron chi connectivity index (χ4n) is 3.88. The van der Waals surface area contributed by atoms with E-state index in [1.54, 1.807) is 31.7 Å². The zero-order valence-corrected chi connectivity index (χ0v) is 17.3. The van der Waals surface area contributed by atoms with Crippen molar-refractivity contribution in [3.05, 3.63) is 40.0 Å². The van der Waals surface area contributed by atoms with Gasteiger partial charge in [-0.25, -0.2) is 4.39 Å². The number of aliphatic hydroxyl groups is 1. The summed E-state index contributed by atoms with van der Waals surface area (Å²) >= 11 is 1.74. The third-order valence-electron chi connectivity index (χ3n) is 5.40. The molecule has 1 atom stereocenters. The van der Waals surface area contributed by atoms with Gasteiger partial charge in [0.2, 0.25) is 0 Å². The Hall–Kier alpha value is -1.79. The van der Waals surface area contributed by atoms with E-state index in [1.165, 1.54) is 25.0 Å². The Morgan fingerprint density at radius 2 is 2.00 bits per heavy atom. The number of benzene rings is 1. The first kappa shape index (κ1) is 20.9. The van der Waals surface area contributed by atoms with Crippen LogP contribution in [0.25, 0.3) is 5.57 Å². The lowest BCUT2D eigenvalue weighted by Crippen LogP contribution is -2.27. The predicted octanol–water partition coefficient (Wildman–Crippen LogP) is 4.60. The van der Waals surface area contributed by atoms with Crippen molar-refractivity contribution < 1.29 is 9.50 Å². The molecule has 1 heterocycles. The second kappa shape index (κ2) is 8.70. The van der Waals surface area contributed by atoms with Gasteiger partial charge in [0.25, 0.3) is 0 Å². The average Bonchev–Trinajstić information content (AvgIpc) is 3.04. The van der Waals surface area contributed by atoms with Crippen LogP contribution in [0, 0.1) is 34.9 Å². The van der Waals surface area contributed by atoms with Crippen LogP contribution in [0.1, 0.15) is 63.5 Å². The van der Waals surface area contributed by atoms with Gasteiger partial charge in [0, 0.05) is 11.3 Å². The van der Waals surface area contributed by atoms with Crippen molar-refractivity contribution in [1.29, 1.82) is 5.26 Å². The van der Waals surface area contributed by atoms with Crippen molar-refractivity contribution in [3.63, 3.8) is 0 Å². The molecular formula is C23H27FN2OS. The van der Waals surface area contributed by atoms with E-state index in [1.807, 2.05) is 6.07 Å². The summed E-state index contributed by atoms with van der Waals surface area (Å²) in [7, 11) is 0. The highest BCUT2D eigenvalue weighted by molar-refractivity contribution is 8.04. The second-order valence-electron chi connectivity index (χ2n) is 8.38. The summed E-state index contributed by atoms with van der Waals surface area (Å²) in [5.74, 6) is 6.20. The lowest BCUT2D eigenvalue weighted by atomic mass is 9.83. The van der Waals surface area contributed by atoms with E-state index in [0.29, 0.717) is 17.2 Å². The molecule has 1 aliphatic carbocycles. The minimum atomic E-state index is -1.08. The fraction of sp³-hybridized carbons (Fsp3) is 0.522. The maximum atomic E-state index is 14.2. The Kier molecular flexibility index (Phi) is 6.50. The lowest BCUT2D eigenvalue weighted by molar-refractivity contribution is 0.143. The van der Waals surface area contributed by atoms with E-state index in [9.17, 15) is 9.50 Å². The van der Waals surface area contributed by atoms with Crippen LogP contribution in [0.15, 0.2) is 23.1 Å². The molecular weight excluding hydrogens is 371 g/mol. The van der Waals surface area contributed by atoms with E-state index in [4.69, 9.17) is 11.0 Å². The zero-order chi connectivity index (χ0) is 20.3. The second-order valence-corrected chi connectivity index (χ2v) is 9.69. The highest BCUT2D eigenvalue weighted by Gasteiger charge is 2.29. The van der Waals surface area contributed by atoms with Crippen LogP contribution in [0.5, 0.6) is 0 Å². The molecule has 0 aromatic heterocycles. The van der Waals surface area contributed by atoms with Gasteiger partial charge in [-0.05, 0) is 81.6 Å². The lowest BCUT2D eigenvalue weighted by Gasteiger charge is -2.27. The highest BCUT2D eigenvalue weighted by atomic mass is 32.2. The van der Waals surface area contributed by atoms with E-state index in [-0.39, 0.29) is 5.56 Å². The van der Waals surface area contributed by atoms with E-state index in [0.717, 1.165) is 41.7 Å². The molecule has 3 nitrogen and oxygen atoms in total. The van der Waals surface area contributed by atoms with Crippen molar-refractivity contribution in [3.8, 4) is 17.9 Å². The number of nitrogens with zero attached hydrogens (tertiary/aromatic N) is 1. The van der Waals surface area contributed by atoms with Crippen LogP contribution in [-0.4, -0.2) is 22.0 Å². The topological polar surface area (TPSA) is 70.0 Å². The SMILES string of the molecule is CC(C)(O)C#CC1=C(c2ccc(C#N)c(F)c2)CC(CC2CCC(N)CC2)S1. The first-order valence-corrected chi connectivity index (χ1v) is 10.7. The maximum absolute atomic E-state index is 14.2. The summed E-state index contributed by atoms with van der Waals surface area (Å²) in [6.07, 6.45) is 6.46. The maximum Gasteiger partial charge on any atom is 0.141 e. The molecule has 1 saturated carbocycles. The third kappa shape index (κ3) is 5.39. The molecule has 5 heteroatoms. The monoisotopic (exact) mass is 398 g/mol. The number of nitriles is 1. The van der Waals surface area contributed by atoms with Crippen LogP contribution in [0.3, 0.4) is 0 Å². The Labute approximate surface area is 171 Å². The summed E-state index contributed by atoms with van der Waals surface area (Å²) in [6, 6.07) is 6.97. The van der Waals surface area contributed by atoms with E-state index >= 15 is 0 Å². The van der Waals surface area contributed by atoms with Crippen LogP contribution < -0.4 is 5.73 Å². The largest absolute Gasteiger partial charge is 0.378 e. The van der Waals surface area contributed by atoms with E-state index in [2.05, 4.69) is 11.8 Å². The minimum Gasteiger partial charge on any atom is -0.378 e. The molecule has 1 aromatic carbocycles. The van der Waals surface area contributed by atoms with Crippen LogP contribution in [0.2, 0.25) is 0 Å². The Morgan fingerprint density at radius 3 is 2.61 bits per heavy atom. The van der Waals surface area contributed by atoms with Crippen molar-refractivity contribution >= 4 is 17.3 Å². The van der Waals surface area contributed by atoms with Gasteiger partial charge in [-0.15, -0.1) is 11.8 Å². The number of hydrogen-bond acceptors (Lipinski definition) is 4. The van der Waals surface area contributed by atoms with Gasteiger partial charge in [0.05, 0.1) is 10.5 Å². The Balaban J connectivity index is 1.82. The molecule has 2 aliphatic rings. The highest BCUT2D eigenvalue weighted by Crippen LogP contribution is 2.46. The van der Waals surface area contributed by atoms with Gasteiger partial charge in [0.15, 0.2) is 0 Å². The molecule has 3 rings (SSSR count). The molecule has 0 saturated heterocycles. The van der Waals surface area contributed by atoms with Gasteiger partial charge in [0.1, 0.15) is 17.5 Å². The number of halogens is 1. The summed E-state index contributed by atoms with van der Waals surface area (Å²) in [6.45, 7) is 3.31. The van der Waals surface area contributed by atoms with Crippen molar-refractivity contribution in [2.75, 3.05) is 0 Å². The van der Waals surface area contributed by atoms with Gasteiger partial charge in [-0.1, -0.05) is 17.9 Å². The van der Waals surface area contributed by atoms with Crippen molar-refractivity contribution in [1.82, 2.24) is 0 Å². The molecule has 0 amide bonds. The molecule has 1 unspecified atom stereocenters. The van der Waals surface area contributed by atoms with Crippen LogP contribution in [0.4, 0.5) is 4.39 Å². The molecule has 28 heavy (non-hydrogen) atoms. The fourth-order valence-corrected chi connectivity index (χ4v) is 5.29. The minimum absolute atomic E-state index is 0.0502. The molecule has 1 aliphatic heterocycles. The number of allylic oxidation sites excluding steroid dienone is 2. The molecule has 0 bridgehead atoms. The van der Waals surface area contributed by atoms with Gasteiger partial charge < -0.3 is 10.8 Å². The first-order valence-electron chi connectivity index (χ1n) is 9.86. The standard InChI is InChI=1S/C23H27FN2OS/c1-23(2,27)10-9-22-20(16-5-6-17(14-25)21(24)12-16)13-19(28-22)11-15-3-7-18(26)8-4-15/h5-6,12,15,18-19,27H,3-4,7-8,11,13,26H2,1-2H3. The van der Waals surface area contributed by atoms with Crippen LogP contribution >= 0.6 is 11.8 Å². The summed E-state index contributed by atoms with van der Waals surface area (Å²) in [5, 5.41) is 19.4. The Morgan fingerprint density at radius 1 is 1.29 bits per heavy atom. The molecule has 1 aromatic rings. The van der Waals surface area contributed by atoms with Crippen molar-refractivity contribution in [2.45, 2.75) is 69.3 Å². The third-order valence-corrected chi connectivity index (χ3v) is 6.67. The molecule has 0 radical (unpaired) electrons. The van der Waals surface area contributed by atoms with Gasteiger partial charge >= 0.3 is 0 Å². The number of hydrogen-bond donors (Lipinski definition) is 2. The summed E-state index contributed by atoms with van der Waals surface area (Å²) in [5.41, 5.74) is 6.79. The number of thioether (sulfide) groups is 1. The Bertz CT molecular complexity index is 861. The smallest absolute Gasteiger partial charge is 0.141 e. The number of nitrogens with two attached hydrogens (primary N) is 1. The molecule has 3 N–H and O–H groups in total. The first-order chi connectivity index (χ1) is 13.2. The summed E-state index contributed by atoms with van der Waals surface area (Å²) in [4.78, 5) is 0.906. The normalized spacial score (nSPS) is 25.2. The zero-order valence-electron chi connectivity index (χ0n) is 16.5. The molecule has 1 fully saturated rings. The van der Waals surface area contributed by atoms with Crippen LogP contribution in [-0.2, 0) is 0 Å². The van der Waals surface area contributed by atoms with Crippen molar-refractivity contribution in [2.24, 2.45) is 11.7 Å². The van der Waals surface area contributed by atoms with Gasteiger partial charge in [-0.2, -0.15) is 5.26 Å².